The molecule has 106 valence electrons. The molecule has 2 heterocycles. The van der Waals surface area contributed by atoms with Crippen LogP contribution in [0.25, 0.3) is 0 Å². The van der Waals surface area contributed by atoms with E-state index in [1.54, 1.807) is 18.3 Å². The van der Waals surface area contributed by atoms with Crippen molar-refractivity contribution in [3.05, 3.63) is 52.0 Å². The molecule has 0 radical (unpaired) electrons. The first-order valence-electron chi connectivity index (χ1n) is 6.11. The molecule has 0 aromatic carbocycles. The van der Waals surface area contributed by atoms with E-state index in [4.69, 9.17) is 23.2 Å². The summed E-state index contributed by atoms with van der Waals surface area (Å²) in [5.41, 5.74) is 2.40. The predicted molar refractivity (Wildman–Crippen MR) is 81.5 cm³/mol. The first-order valence-corrected chi connectivity index (χ1v) is 6.87. The molecule has 2 rings (SSSR count). The third kappa shape index (κ3) is 3.60. The van der Waals surface area contributed by atoms with Crippen LogP contribution in [-0.2, 0) is 0 Å². The molecule has 0 bridgehead atoms. The van der Waals surface area contributed by atoms with Gasteiger partial charge in [0.15, 0.2) is 5.15 Å². The van der Waals surface area contributed by atoms with Gasteiger partial charge in [-0.3, -0.25) is 4.98 Å². The van der Waals surface area contributed by atoms with Crippen molar-refractivity contribution in [2.75, 3.05) is 18.5 Å². The zero-order valence-corrected chi connectivity index (χ0v) is 12.7. The Balaban J connectivity index is 2.12. The summed E-state index contributed by atoms with van der Waals surface area (Å²) in [5, 5.41) is 10.9. The maximum atomic E-state index is 10.2. The Morgan fingerprint density at radius 1 is 1.30 bits per heavy atom. The van der Waals surface area contributed by atoms with Crippen LogP contribution in [0, 0.1) is 6.92 Å². The summed E-state index contributed by atoms with van der Waals surface area (Å²) in [6.07, 6.45) is 0.983. The molecule has 0 unspecified atom stereocenters. The van der Waals surface area contributed by atoms with Gasteiger partial charge in [-0.2, -0.15) is 0 Å². The van der Waals surface area contributed by atoms with Crippen LogP contribution in [0.2, 0.25) is 10.3 Å². The number of aliphatic hydroxyl groups is 1. The van der Waals surface area contributed by atoms with Crippen molar-refractivity contribution < 1.29 is 5.11 Å². The quantitative estimate of drug-likeness (QED) is 0.880. The van der Waals surface area contributed by atoms with Crippen molar-refractivity contribution in [3.63, 3.8) is 0 Å². The van der Waals surface area contributed by atoms with E-state index < -0.39 is 6.10 Å². The van der Waals surface area contributed by atoms with Gasteiger partial charge < -0.3 is 10.0 Å². The van der Waals surface area contributed by atoms with Crippen LogP contribution in [0.1, 0.15) is 17.4 Å². The Morgan fingerprint density at radius 3 is 2.70 bits per heavy atom. The smallest absolute Gasteiger partial charge is 0.154 e. The number of hydrogen-bond donors (Lipinski definition) is 1. The fraction of sp³-hybridized carbons (Fsp3) is 0.286. The lowest BCUT2D eigenvalue weighted by molar-refractivity contribution is 0.180. The van der Waals surface area contributed by atoms with Gasteiger partial charge in [0.2, 0.25) is 0 Å². The summed E-state index contributed by atoms with van der Waals surface area (Å²) < 4.78 is 0. The SMILES string of the molecule is Cc1ccnc([C@@H](O)CN(C)c2ccc(Cl)nc2Cl)c1. The third-order valence-corrected chi connectivity index (χ3v) is 3.42. The maximum absolute atomic E-state index is 10.2. The number of nitrogens with zero attached hydrogens (tertiary/aromatic N) is 3. The highest BCUT2D eigenvalue weighted by molar-refractivity contribution is 6.34. The van der Waals surface area contributed by atoms with E-state index in [1.807, 2.05) is 31.0 Å². The monoisotopic (exact) mass is 311 g/mol. The minimum Gasteiger partial charge on any atom is -0.385 e. The molecule has 4 nitrogen and oxygen atoms in total. The highest BCUT2D eigenvalue weighted by Gasteiger charge is 2.15. The fourth-order valence-corrected chi connectivity index (χ4v) is 2.37. The highest BCUT2D eigenvalue weighted by atomic mass is 35.5. The van der Waals surface area contributed by atoms with Gasteiger partial charge in [-0.05, 0) is 36.8 Å². The molecular formula is C14H15Cl2N3O. The Bertz CT molecular complexity index is 607. The second kappa shape index (κ2) is 6.39. The Morgan fingerprint density at radius 2 is 2.05 bits per heavy atom. The van der Waals surface area contributed by atoms with Gasteiger partial charge >= 0.3 is 0 Å². The van der Waals surface area contributed by atoms with E-state index in [0.29, 0.717) is 28.2 Å². The Labute approximate surface area is 128 Å². The number of halogens is 2. The molecule has 0 saturated carbocycles. The Kier molecular flexibility index (Phi) is 4.81. The van der Waals surface area contributed by atoms with Crippen LogP contribution in [0.5, 0.6) is 0 Å². The van der Waals surface area contributed by atoms with E-state index in [2.05, 4.69) is 9.97 Å². The first kappa shape index (κ1) is 15.0. The lowest BCUT2D eigenvalue weighted by Crippen LogP contribution is -2.25. The average Bonchev–Trinajstić information content (AvgIpc) is 2.38. The summed E-state index contributed by atoms with van der Waals surface area (Å²) in [7, 11) is 1.83. The van der Waals surface area contributed by atoms with E-state index in [9.17, 15) is 5.11 Å². The van der Waals surface area contributed by atoms with E-state index in [0.717, 1.165) is 5.56 Å². The number of rotatable bonds is 4. The van der Waals surface area contributed by atoms with Crippen molar-refractivity contribution in [2.45, 2.75) is 13.0 Å². The standard InChI is InChI=1S/C14H15Cl2N3O/c1-9-5-6-17-10(7-9)12(20)8-19(2)11-3-4-13(15)18-14(11)16/h3-7,12,20H,8H2,1-2H3/t12-/m0/s1. The van der Waals surface area contributed by atoms with Crippen molar-refractivity contribution in [1.29, 1.82) is 0 Å². The summed E-state index contributed by atoms with van der Waals surface area (Å²) in [6, 6.07) is 7.19. The second-order valence-corrected chi connectivity index (χ2v) is 5.34. The maximum Gasteiger partial charge on any atom is 0.154 e. The number of pyridine rings is 2. The number of aliphatic hydroxyl groups excluding tert-OH is 1. The van der Waals surface area contributed by atoms with Crippen LogP contribution < -0.4 is 4.90 Å². The van der Waals surface area contributed by atoms with Crippen molar-refractivity contribution in [2.24, 2.45) is 0 Å². The topological polar surface area (TPSA) is 49.3 Å². The van der Waals surface area contributed by atoms with Crippen LogP contribution in [-0.4, -0.2) is 28.7 Å². The number of anilines is 1. The molecule has 0 spiro atoms. The van der Waals surface area contributed by atoms with Gasteiger partial charge in [0.05, 0.1) is 11.4 Å². The zero-order chi connectivity index (χ0) is 14.7. The largest absolute Gasteiger partial charge is 0.385 e. The molecule has 20 heavy (non-hydrogen) atoms. The lowest BCUT2D eigenvalue weighted by atomic mass is 10.1. The van der Waals surface area contributed by atoms with Gasteiger partial charge in [-0.15, -0.1) is 0 Å². The molecule has 6 heteroatoms. The summed E-state index contributed by atoms with van der Waals surface area (Å²) in [6.45, 7) is 2.32. The van der Waals surface area contributed by atoms with Crippen LogP contribution in [0.15, 0.2) is 30.5 Å². The van der Waals surface area contributed by atoms with Crippen LogP contribution in [0.4, 0.5) is 5.69 Å². The minimum absolute atomic E-state index is 0.310. The van der Waals surface area contributed by atoms with Crippen molar-refractivity contribution in [3.8, 4) is 0 Å². The molecular weight excluding hydrogens is 297 g/mol. The molecule has 0 saturated heterocycles. The molecule has 0 aliphatic heterocycles. The fourth-order valence-electron chi connectivity index (χ4n) is 1.88. The van der Waals surface area contributed by atoms with Crippen molar-refractivity contribution in [1.82, 2.24) is 9.97 Å². The first-order chi connectivity index (χ1) is 9.47. The van der Waals surface area contributed by atoms with E-state index in [-0.39, 0.29) is 0 Å². The van der Waals surface area contributed by atoms with Gasteiger partial charge in [0, 0.05) is 19.8 Å². The van der Waals surface area contributed by atoms with Gasteiger partial charge in [-0.25, -0.2) is 4.98 Å². The number of likely N-dealkylation sites (N-methyl/N-ethyl adjacent to an activating group) is 1. The normalized spacial score (nSPS) is 12.2. The molecule has 0 amide bonds. The Hall–Kier alpha value is -1.36. The van der Waals surface area contributed by atoms with Crippen molar-refractivity contribution >= 4 is 28.9 Å². The zero-order valence-electron chi connectivity index (χ0n) is 11.2. The number of aromatic nitrogens is 2. The minimum atomic E-state index is -0.702. The van der Waals surface area contributed by atoms with Gasteiger partial charge in [0.1, 0.15) is 11.3 Å². The van der Waals surface area contributed by atoms with Crippen LogP contribution in [0.3, 0.4) is 0 Å². The molecule has 2 aromatic rings. The second-order valence-electron chi connectivity index (χ2n) is 4.60. The summed E-state index contributed by atoms with van der Waals surface area (Å²) in [4.78, 5) is 9.98. The summed E-state index contributed by atoms with van der Waals surface area (Å²) >= 11 is 11.8. The predicted octanol–water partition coefficient (Wildman–Crippen LogP) is 3.26. The van der Waals surface area contributed by atoms with Crippen LogP contribution >= 0.6 is 23.2 Å². The molecule has 1 N–H and O–H groups in total. The summed E-state index contributed by atoms with van der Waals surface area (Å²) in [5.74, 6) is 0. The van der Waals surface area contributed by atoms with Gasteiger partial charge in [-0.1, -0.05) is 23.2 Å². The van der Waals surface area contributed by atoms with E-state index >= 15 is 0 Å². The highest BCUT2D eigenvalue weighted by Crippen LogP contribution is 2.26. The van der Waals surface area contributed by atoms with E-state index in [1.165, 1.54) is 0 Å². The third-order valence-electron chi connectivity index (χ3n) is 2.93. The molecule has 0 aliphatic rings. The number of aryl methyl sites for hydroxylation is 1. The molecule has 0 aliphatic carbocycles. The van der Waals surface area contributed by atoms with Gasteiger partial charge in [0.25, 0.3) is 0 Å². The number of hydrogen-bond acceptors (Lipinski definition) is 4. The molecule has 0 fully saturated rings. The average molecular weight is 312 g/mol. The molecule has 1 atom stereocenters. The molecule has 2 aromatic heterocycles. The lowest BCUT2D eigenvalue weighted by Gasteiger charge is -2.23.